The molecule has 0 heterocycles. The first-order valence-electron chi connectivity index (χ1n) is 5.23. The van der Waals surface area contributed by atoms with Crippen LogP contribution >= 0.6 is 11.8 Å². The molecule has 2 unspecified atom stereocenters. The first-order chi connectivity index (χ1) is 7.50. The van der Waals surface area contributed by atoms with Gasteiger partial charge in [0.2, 0.25) is 0 Å². The Morgan fingerprint density at radius 3 is 2.69 bits per heavy atom. The van der Waals surface area contributed by atoms with Crippen LogP contribution in [0.5, 0.6) is 0 Å². The summed E-state index contributed by atoms with van der Waals surface area (Å²) in [4.78, 5) is 11.6. The van der Waals surface area contributed by atoms with Gasteiger partial charge in [0.1, 0.15) is 5.54 Å². The molecule has 0 aliphatic carbocycles. The van der Waals surface area contributed by atoms with Crippen LogP contribution in [-0.2, 0) is 9.53 Å². The molecule has 16 heavy (non-hydrogen) atoms. The molecule has 0 rings (SSSR count). The molecule has 0 fully saturated rings. The van der Waals surface area contributed by atoms with E-state index in [4.69, 9.17) is 14.9 Å². The second-order valence-corrected chi connectivity index (χ2v) is 4.68. The van der Waals surface area contributed by atoms with Gasteiger partial charge in [-0.3, -0.25) is 4.79 Å². The number of likely N-dealkylation sites (N-methyl/N-ethyl adjacent to an activating group) is 1. The minimum absolute atomic E-state index is 0.261. The Kier molecular flexibility index (Phi) is 7.74. The maximum absolute atomic E-state index is 11.6. The number of esters is 1. The lowest BCUT2D eigenvalue weighted by Gasteiger charge is -2.26. The molecule has 96 valence electrons. The largest absolute Gasteiger partial charge is 0.465 e. The highest BCUT2D eigenvalue weighted by Crippen LogP contribution is 2.15. The van der Waals surface area contributed by atoms with E-state index < -0.39 is 11.6 Å². The van der Waals surface area contributed by atoms with Crippen molar-refractivity contribution in [3.8, 4) is 0 Å². The first-order valence-corrected chi connectivity index (χ1v) is 6.38. The van der Waals surface area contributed by atoms with Gasteiger partial charge in [0.15, 0.2) is 0 Å². The van der Waals surface area contributed by atoms with Crippen LogP contribution in [0.25, 0.3) is 0 Å². The summed E-state index contributed by atoms with van der Waals surface area (Å²) in [5.41, 5.74) is -0.754. The van der Waals surface area contributed by atoms with Crippen molar-refractivity contribution in [2.24, 2.45) is 0 Å². The number of nitrogens with one attached hydrogen (secondary N) is 1. The minimum atomic E-state index is -0.754. The zero-order chi connectivity index (χ0) is 12.6. The Bertz CT molecular complexity index is 215. The van der Waals surface area contributed by atoms with E-state index in [9.17, 15) is 4.79 Å². The Morgan fingerprint density at radius 1 is 1.62 bits per heavy atom. The Morgan fingerprint density at radius 2 is 2.25 bits per heavy atom. The molecule has 2 atom stereocenters. The second-order valence-electron chi connectivity index (χ2n) is 3.65. The average molecular weight is 251 g/mol. The van der Waals surface area contributed by atoms with Crippen LogP contribution in [0.4, 0.5) is 0 Å². The minimum Gasteiger partial charge on any atom is -0.465 e. The quantitative estimate of drug-likeness (QED) is 0.510. The predicted molar refractivity (Wildman–Crippen MR) is 64.5 cm³/mol. The van der Waals surface area contributed by atoms with Gasteiger partial charge < -0.3 is 20.3 Å². The highest BCUT2D eigenvalue weighted by Gasteiger charge is 2.32. The summed E-state index contributed by atoms with van der Waals surface area (Å²) < 4.78 is 4.96. The molecule has 0 saturated carbocycles. The number of ether oxygens (including phenoxy) is 1. The fraction of sp³-hybridized carbons (Fsp3) is 0.900. The van der Waals surface area contributed by atoms with Crippen molar-refractivity contribution in [3.05, 3.63) is 0 Å². The number of thioether (sulfide) groups is 1. The van der Waals surface area contributed by atoms with Crippen LogP contribution in [-0.4, -0.2) is 59.6 Å². The molecule has 6 heteroatoms. The number of hydrogen-bond donors (Lipinski definition) is 3. The summed E-state index contributed by atoms with van der Waals surface area (Å²) in [7, 11) is 1.69. The van der Waals surface area contributed by atoms with Gasteiger partial charge in [0.05, 0.1) is 19.3 Å². The SMILES string of the molecule is CCOC(=O)C(C)(CSCC(O)CO)NC. The molecule has 0 aromatic rings. The molecule has 0 amide bonds. The molecule has 0 aromatic carbocycles. The maximum atomic E-state index is 11.6. The van der Waals surface area contributed by atoms with Gasteiger partial charge in [0, 0.05) is 11.5 Å². The summed E-state index contributed by atoms with van der Waals surface area (Å²) in [6.45, 7) is 3.60. The van der Waals surface area contributed by atoms with E-state index in [1.807, 2.05) is 0 Å². The molecule has 0 saturated heterocycles. The number of aliphatic hydroxyl groups is 2. The Hall–Kier alpha value is -0.300. The molecule has 0 aliphatic rings. The van der Waals surface area contributed by atoms with Crippen molar-refractivity contribution in [3.63, 3.8) is 0 Å². The summed E-state index contributed by atoms with van der Waals surface area (Å²) >= 11 is 1.40. The Labute approximate surface area is 101 Å². The highest BCUT2D eigenvalue weighted by molar-refractivity contribution is 7.99. The number of rotatable bonds is 8. The van der Waals surface area contributed by atoms with Gasteiger partial charge in [-0.25, -0.2) is 0 Å². The van der Waals surface area contributed by atoms with Gasteiger partial charge in [-0.05, 0) is 20.9 Å². The van der Waals surface area contributed by atoms with Crippen molar-refractivity contribution in [2.45, 2.75) is 25.5 Å². The van der Waals surface area contributed by atoms with E-state index in [0.29, 0.717) is 18.1 Å². The summed E-state index contributed by atoms with van der Waals surface area (Å²) in [5, 5.41) is 20.7. The van der Waals surface area contributed by atoms with Crippen LogP contribution < -0.4 is 5.32 Å². The predicted octanol–water partition coefficient (Wildman–Crippen LogP) is -0.386. The fourth-order valence-electron chi connectivity index (χ4n) is 0.975. The number of aliphatic hydroxyl groups excluding tert-OH is 2. The monoisotopic (exact) mass is 251 g/mol. The van der Waals surface area contributed by atoms with E-state index in [1.165, 1.54) is 11.8 Å². The standard InChI is InChI=1S/C10H21NO4S/c1-4-15-9(14)10(2,11-3)7-16-6-8(13)5-12/h8,11-13H,4-7H2,1-3H3. The van der Waals surface area contributed by atoms with E-state index in [0.717, 1.165) is 0 Å². The van der Waals surface area contributed by atoms with E-state index in [1.54, 1.807) is 20.9 Å². The number of carbonyl (C=O) groups excluding carboxylic acids is 1. The van der Waals surface area contributed by atoms with E-state index >= 15 is 0 Å². The molecular formula is C10H21NO4S. The summed E-state index contributed by atoms with van der Waals surface area (Å²) in [5.74, 6) is 0.579. The molecule has 0 spiro atoms. The molecule has 3 N–H and O–H groups in total. The van der Waals surface area contributed by atoms with Crippen LogP contribution in [0.15, 0.2) is 0 Å². The van der Waals surface area contributed by atoms with Crippen molar-refractivity contribution >= 4 is 17.7 Å². The third-order valence-electron chi connectivity index (χ3n) is 2.19. The van der Waals surface area contributed by atoms with Crippen molar-refractivity contribution in [2.75, 3.05) is 31.8 Å². The molecule has 0 aromatic heterocycles. The Balaban J connectivity index is 4.11. The molecule has 5 nitrogen and oxygen atoms in total. The summed E-state index contributed by atoms with van der Waals surface area (Å²) in [6.07, 6.45) is -0.742. The van der Waals surface area contributed by atoms with Crippen molar-refractivity contribution < 1.29 is 19.7 Å². The van der Waals surface area contributed by atoms with Gasteiger partial charge in [-0.2, -0.15) is 11.8 Å². The molecule has 0 bridgehead atoms. The lowest BCUT2D eigenvalue weighted by atomic mass is 10.1. The smallest absolute Gasteiger partial charge is 0.326 e. The topological polar surface area (TPSA) is 78.8 Å². The average Bonchev–Trinajstić information content (AvgIpc) is 2.28. The van der Waals surface area contributed by atoms with Gasteiger partial charge in [0.25, 0.3) is 0 Å². The van der Waals surface area contributed by atoms with E-state index in [-0.39, 0.29) is 12.6 Å². The maximum Gasteiger partial charge on any atom is 0.326 e. The summed E-state index contributed by atoms with van der Waals surface area (Å²) in [6, 6.07) is 0. The van der Waals surface area contributed by atoms with Crippen LogP contribution in [0, 0.1) is 0 Å². The van der Waals surface area contributed by atoms with Gasteiger partial charge in [-0.1, -0.05) is 0 Å². The van der Waals surface area contributed by atoms with Crippen LogP contribution in [0.2, 0.25) is 0 Å². The number of hydrogen-bond acceptors (Lipinski definition) is 6. The van der Waals surface area contributed by atoms with E-state index in [2.05, 4.69) is 5.32 Å². The second kappa shape index (κ2) is 7.89. The highest BCUT2D eigenvalue weighted by atomic mass is 32.2. The lowest BCUT2D eigenvalue weighted by molar-refractivity contribution is -0.149. The fourth-order valence-corrected chi connectivity index (χ4v) is 2.14. The molecule has 0 radical (unpaired) electrons. The third-order valence-corrected chi connectivity index (χ3v) is 3.59. The van der Waals surface area contributed by atoms with Gasteiger partial charge in [-0.15, -0.1) is 0 Å². The molecule has 0 aliphatic heterocycles. The number of carbonyl (C=O) groups is 1. The zero-order valence-corrected chi connectivity index (χ0v) is 10.8. The zero-order valence-electron chi connectivity index (χ0n) is 10.0. The van der Waals surface area contributed by atoms with Crippen LogP contribution in [0.3, 0.4) is 0 Å². The normalized spacial score (nSPS) is 16.6. The van der Waals surface area contributed by atoms with Crippen molar-refractivity contribution in [1.82, 2.24) is 5.32 Å². The molecular weight excluding hydrogens is 230 g/mol. The van der Waals surface area contributed by atoms with Crippen molar-refractivity contribution in [1.29, 1.82) is 0 Å². The third kappa shape index (κ3) is 5.16. The lowest BCUT2D eigenvalue weighted by Crippen LogP contribution is -2.51. The first kappa shape index (κ1) is 15.7. The van der Waals surface area contributed by atoms with Gasteiger partial charge >= 0.3 is 5.97 Å². The van der Waals surface area contributed by atoms with Crippen LogP contribution in [0.1, 0.15) is 13.8 Å².